The summed E-state index contributed by atoms with van der Waals surface area (Å²) in [4.78, 5) is 11.2. The van der Waals surface area contributed by atoms with Crippen molar-refractivity contribution >= 4 is 11.6 Å². The van der Waals surface area contributed by atoms with E-state index in [4.69, 9.17) is 5.73 Å². The van der Waals surface area contributed by atoms with Gasteiger partial charge in [-0.25, -0.2) is 0 Å². The van der Waals surface area contributed by atoms with E-state index in [2.05, 4.69) is 25.2 Å². The average Bonchev–Trinajstić information content (AvgIpc) is 2.56. The molecule has 0 saturated heterocycles. The fourth-order valence-corrected chi connectivity index (χ4v) is 1.77. The van der Waals surface area contributed by atoms with E-state index in [0.29, 0.717) is 13.0 Å². The number of hydrogen-bond acceptors (Lipinski definition) is 2. The van der Waals surface area contributed by atoms with Crippen molar-refractivity contribution < 1.29 is 4.79 Å². The summed E-state index contributed by atoms with van der Waals surface area (Å²) in [6.45, 7) is 4.82. The predicted octanol–water partition coefficient (Wildman–Crippen LogP) is 1.42. The number of hydrogen-bond donors (Lipinski definition) is 2. The number of carbonyl (C=O) groups excluding carboxylic acids is 1. The van der Waals surface area contributed by atoms with Crippen LogP contribution in [0.2, 0.25) is 0 Å². The van der Waals surface area contributed by atoms with Crippen molar-refractivity contribution in [1.29, 1.82) is 0 Å². The molecule has 0 saturated carbocycles. The van der Waals surface area contributed by atoms with Crippen molar-refractivity contribution in [3.63, 3.8) is 0 Å². The minimum atomic E-state index is -0.0271. The second-order valence-corrected chi connectivity index (χ2v) is 4.68. The molecule has 2 rings (SSSR count). The van der Waals surface area contributed by atoms with E-state index >= 15 is 0 Å². The molecule has 1 aromatic rings. The summed E-state index contributed by atoms with van der Waals surface area (Å²) in [5, 5.41) is 2.82. The maximum Gasteiger partial charge on any atom is 0.228 e. The number of carbonyl (C=O) groups is 1. The minimum absolute atomic E-state index is 0.0271. The molecular formula is C12H16N2O. The molecule has 0 spiro atoms. The van der Waals surface area contributed by atoms with Gasteiger partial charge in [0.25, 0.3) is 0 Å². The van der Waals surface area contributed by atoms with Crippen LogP contribution in [0.4, 0.5) is 5.69 Å². The first-order valence-corrected chi connectivity index (χ1v) is 5.16. The Labute approximate surface area is 89.7 Å². The molecule has 0 aliphatic carbocycles. The van der Waals surface area contributed by atoms with Gasteiger partial charge in [0.05, 0.1) is 6.42 Å². The molecule has 0 fully saturated rings. The second-order valence-electron chi connectivity index (χ2n) is 4.68. The molecule has 0 aromatic heterocycles. The van der Waals surface area contributed by atoms with E-state index in [9.17, 15) is 4.79 Å². The molecule has 80 valence electrons. The Balaban J connectivity index is 2.39. The molecule has 3 heteroatoms. The lowest BCUT2D eigenvalue weighted by molar-refractivity contribution is -0.115. The van der Waals surface area contributed by atoms with Crippen molar-refractivity contribution in [1.82, 2.24) is 0 Å². The van der Waals surface area contributed by atoms with Crippen molar-refractivity contribution in [2.45, 2.75) is 25.7 Å². The van der Waals surface area contributed by atoms with Crippen LogP contribution < -0.4 is 11.1 Å². The first kappa shape index (κ1) is 10.2. The fourth-order valence-electron chi connectivity index (χ4n) is 1.77. The molecule has 3 N–H and O–H groups in total. The van der Waals surface area contributed by atoms with Gasteiger partial charge in [0.1, 0.15) is 0 Å². The smallest absolute Gasteiger partial charge is 0.228 e. The summed E-state index contributed by atoms with van der Waals surface area (Å²) in [6, 6.07) is 6.09. The Kier molecular flexibility index (Phi) is 2.27. The summed E-state index contributed by atoms with van der Waals surface area (Å²) in [7, 11) is 0. The fraction of sp³-hybridized carbons (Fsp3) is 0.417. The normalized spacial score (nSPS) is 15.0. The first-order valence-electron chi connectivity index (χ1n) is 5.16. The number of nitrogens with two attached hydrogens (primary N) is 1. The Bertz CT molecular complexity index is 410. The van der Waals surface area contributed by atoms with Crippen LogP contribution in [0.15, 0.2) is 18.2 Å². The quantitative estimate of drug-likeness (QED) is 0.765. The lowest BCUT2D eigenvalue weighted by atomic mass is 9.84. The SMILES string of the molecule is CC(C)(CN)c1ccc2c(c1)CC(=O)N2. The highest BCUT2D eigenvalue weighted by molar-refractivity contribution is 5.99. The lowest BCUT2D eigenvalue weighted by Crippen LogP contribution is -2.28. The minimum Gasteiger partial charge on any atom is -0.330 e. The number of nitrogens with one attached hydrogen (secondary N) is 1. The molecule has 1 amide bonds. The Morgan fingerprint density at radius 2 is 2.20 bits per heavy atom. The third-order valence-electron chi connectivity index (χ3n) is 3.02. The van der Waals surface area contributed by atoms with E-state index in [-0.39, 0.29) is 11.3 Å². The van der Waals surface area contributed by atoms with Crippen molar-refractivity contribution in [2.75, 3.05) is 11.9 Å². The van der Waals surface area contributed by atoms with Gasteiger partial charge in [0, 0.05) is 17.6 Å². The largest absolute Gasteiger partial charge is 0.330 e. The van der Waals surface area contributed by atoms with Crippen LogP contribution in [-0.4, -0.2) is 12.5 Å². The van der Waals surface area contributed by atoms with Crippen LogP contribution >= 0.6 is 0 Å². The van der Waals surface area contributed by atoms with Gasteiger partial charge >= 0.3 is 0 Å². The summed E-state index contributed by atoms with van der Waals surface area (Å²) < 4.78 is 0. The number of amides is 1. The standard InChI is InChI=1S/C12H16N2O/c1-12(2,7-13)9-3-4-10-8(5-9)6-11(15)14-10/h3-5H,6-7,13H2,1-2H3,(H,14,15). The van der Waals surface area contributed by atoms with Crippen LogP contribution in [0.1, 0.15) is 25.0 Å². The Morgan fingerprint density at radius 3 is 2.87 bits per heavy atom. The van der Waals surface area contributed by atoms with Crippen molar-refractivity contribution in [3.05, 3.63) is 29.3 Å². The molecule has 0 atom stereocenters. The molecule has 3 nitrogen and oxygen atoms in total. The van der Waals surface area contributed by atoms with Gasteiger partial charge in [-0.3, -0.25) is 4.79 Å². The topological polar surface area (TPSA) is 55.1 Å². The zero-order chi connectivity index (χ0) is 11.1. The molecular weight excluding hydrogens is 188 g/mol. The highest BCUT2D eigenvalue weighted by Crippen LogP contribution is 2.29. The number of fused-ring (bicyclic) bond motifs is 1. The summed E-state index contributed by atoms with van der Waals surface area (Å²) in [5.41, 5.74) is 8.92. The van der Waals surface area contributed by atoms with E-state index in [1.807, 2.05) is 12.1 Å². The van der Waals surface area contributed by atoms with Gasteiger partial charge in [-0.15, -0.1) is 0 Å². The molecule has 1 aliphatic heterocycles. The van der Waals surface area contributed by atoms with Gasteiger partial charge < -0.3 is 11.1 Å². The van der Waals surface area contributed by atoms with Crippen LogP contribution in [0.3, 0.4) is 0 Å². The monoisotopic (exact) mass is 204 g/mol. The zero-order valence-corrected chi connectivity index (χ0v) is 9.13. The predicted molar refractivity (Wildman–Crippen MR) is 60.9 cm³/mol. The van der Waals surface area contributed by atoms with E-state index in [1.54, 1.807) is 0 Å². The molecule has 15 heavy (non-hydrogen) atoms. The molecule has 0 radical (unpaired) electrons. The maximum atomic E-state index is 11.2. The van der Waals surface area contributed by atoms with Crippen LogP contribution in [0.5, 0.6) is 0 Å². The molecule has 1 aromatic carbocycles. The highest BCUT2D eigenvalue weighted by atomic mass is 16.1. The Hall–Kier alpha value is -1.35. The molecule has 0 bridgehead atoms. The lowest BCUT2D eigenvalue weighted by Gasteiger charge is -2.23. The second kappa shape index (κ2) is 3.35. The number of rotatable bonds is 2. The van der Waals surface area contributed by atoms with Crippen molar-refractivity contribution in [3.8, 4) is 0 Å². The van der Waals surface area contributed by atoms with E-state index in [1.165, 1.54) is 5.56 Å². The zero-order valence-electron chi connectivity index (χ0n) is 9.13. The number of anilines is 1. The summed E-state index contributed by atoms with van der Waals surface area (Å²) in [5.74, 6) is 0.0766. The Morgan fingerprint density at radius 1 is 1.47 bits per heavy atom. The third-order valence-corrected chi connectivity index (χ3v) is 3.02. The summed E-state index contributed by atoms with van der Waals surface area (Å²) >= 11 is 0. The molecule has 0 unspecified atom stereocenters. The van der Waals surface area contributed by atoms with Gasteiger partial charge in [-0.2, -0.15) is 0 Å². The van der Waals surface area contributed by atoms with Gasteiger partial charge in [0.15, 0.2) is 0 Å². The van der Waals surface area contributed by atoms with Gasteiger partial charge in [-0.05, 0) is 17.2 Å². The highest BCUT2D eigenvalue weighted by Gasteiger charge is 2.23. The maximum absolute atomic E-state index is 11.2. The molecule has 1 heterocycles. The third kappa shape index (κ3) is 1.75. The van der Waals surface area contributed by atoms with E-state index < -0.39 is 0 Å². The number of benzene rings is 1. The average molecular weight is 204 g/mol. The van der Waals surface area contributed by atoms with Crippen LogP contribution in [-0.2, 0) is 16.6 Å². The van der Waals surface area contributed by atoms with E-state index in [0.717, 1.165) is 11.3 Å². The van der Waals surface area contributed by atoms with Crippen LogP contribution in [0.25, 0.3) is 0 Å². The van der Waals surface area contributed by atoms with Gasteiger partial charge in [0.2, 0.25) is 5.91 Å². The summed E-state index contributed by atoms with van der Waals surface area (Å²) in [6.07, 6.45) is 0.490. The van der Waals surface area contributed by atoms with Crippen molar-refractivity contribution in [2.24, 2.45) is 5.73 Å². The van der Waals surface area contributed by atoms with Crippen LogP contribution in [0, 0.1) is 0 Å². The molecule has 1 aliphatic rings. The first-order chi connectivity index (χ1) is 7.03. The van der Waals surface area contributed by atoms with Gasteiger partial charge in [-0.1, -0.05) is 26.0 Å².